The SMILES string of the molecule is CCCOc1ccc(C(O)CN(CC)C2CCCC2)cc1. The molecule has 1 unspecified atom stereocenters. The molecule has 0 amide bonds. The van der Waals surface area contributed by atoms with Crippen LogP contribution in [0.4, 0.5) is 0 Å². The lowest BCUT2D eigenvalue weighted by atomic mass is 10.1. The smallest absolute Gasteiger partial charge is 0.119 e. The summed E-state index contributed by atoms with van der Waals surface area (Å²) >= 11 is 0. The zero-order valence-corrected chi connectivity index (χ0v) is 13.4. The number of likely N-dealkylation sites (N-methyl/N-ethyl adjacent to an activating group) is 1. The summed E-state index contributed by atoms with van der Waals surface area (Å²) in [5, 5.41) is 10.5. The Kier molecular flexibility index (Phi) is 6.52. The molecule has 0 radical (unpaired) electrons. The number of hydrogen-bond acceptors (Lipinski definition) is 3. The lowest BCUT2D eigenvalue weighted by Gasteiger charge is -2.29. The van der Waals surface area contributed by atoms with Crippen molar-refractivity contribution in [1.29, 1.82) is 0 Å². The second kappa shape index (κ2) is 8.40. The van der Waals surface area contributed by atoms with Crippen molar-refractivity contribution in [3.05, 3.63) is 29.8 Å². The number of aliphatic hydroxyl groups excluding tert-OH is 1. The molecule has 21 heavy (non-hydrogen) atoms. The molecule has 1 aromatic carbocycles. The molecule has 0 spiro atoms. The van der Waals surface area contributed by atoms with Crippen LogP contribution in [0.15, 0.2) is 24.3 Å². The lowest BCUT2D eigenvalue weighted by Crippen LogP contribution is -2.36. The van der Waals surface area contributed by atoms with E-state index in [1.165, 1.54) is 25.7 Å². The predicted molar refractivity (Wildman–Crippen MR) is 86.7 cm³/mol. The van der Waals surface area contributed by atoms with Crippen LogP contribution >= 0.6 is 0 Å². The quantitative estimate of drug-likeness (QED) is 0.791. The molecular weight excluding hydrogens is 262 g/mol. The second-order valence-electron chi connectivity index (χ2n) is 5.96. The molecule has 2 rings (SSSR count). The largest absolute Gasteiger partial charge is 0.494 e. The summed E-state index contributed by atoms with van der Waals surface area (Å²) in [4.78, 5) is 2.43. The van der Waals surface area contributed by atoms with Crippen LogP contribution in [0.25, 0.3) is 0 Å². The third-order valence-electron chi connectivity index (χ3n) is 4.39. The minimum absolute atomic E-state index is 0.411. The molecule has 3 nitrogen and oxygen atoms in total. The minimum atomic E-state index is -0.411. The molecule has 1 aliphatic rings. The van der Waals surface area contributed by atoms with Gasteiger partial charge in [0.1, 0.15) is 5.75 Å². The van der Waals surface area contributed by atoms with E-state index < -0.39 is 6.10 Å². The van der Waals surface area contributed by atoms with Gasteiger partial charge in [-0.2, -0.15) is 0 Å². The Morgan fingerprint density at radius 1 is 1.19 bits per heavy atom. The van der Waals surface area contributed by atoms with Crippen LogP contribution in [0.1, 0.15) is 57.6 Å². The van der Waals surface area contributed by atoms with Gasteiger partial charge in [0.25, 0.3) is 0 Å². The van der Waals surface area contributed by atoms with Crippen molar-refractivity contribution >= 4 is 0 Å². The van der Waals surface area contributed by atoms with E-state index in [-0.39, 0.29) is 0 Å². The Labute approximate surface area is 128 Å². The number of benzene rings is 1. The maximum absolute atomic E-state index is 10.5. The van der Waals surface area contributed by atoms with E-state index in [1.807, 2.05) is 24.3 Å². The van der Waals surface area contributed by atoms with Gasteiger partial charge in [-0.15, -0.1) is 0 Å². The first-order chi connectivity index (χ1) is 10.2. The summed E-state index contributed by atoms with van der Waals surface area (Å²) in [5.41, 5.74) is 0.982. The molecular formula is C18H29NO2. The van der Waals surface area contributed by atoms with E-state index in [9.17, 15) is 5.11 Å². The van der Waals surface area contributed by atoms with Gasteiger partial charge in [-0.3, -0.25) is 4.90 Å². The highest BCUT2D eigenvalue weighted by Crippen LogP contribution is 2.26. The molecule has 1 aliphatic carbocycles. The molecule has 0 bridgehead atoms. The zero-order valence-electron chi connectivity index (χ0n) is 13.4. The fourth-order valence-corrected chi connectivity index (χ4v) is 3.14. The normalized spacial score (nSPS) is 17.3. The molecule has 1 fully saturated rings. The molecule has 118 valence electrons. The summed E-state index contributed by atoms with van der Waals surface area (Å²) in [7, 11) is 0. The Morgan fingerprint density at radius 2 is 1.86 bits per heavy atom. The van der Waals surface area contributed by atoms with Gasteiger partial charge in [0.2, 0.25) is 0 Å². The van der Waals surface area contributed by atoms with Crippen LogP contribution in [-0.4, -0.2) is 35.7 Å². The van der Waals surface area contributed by atoms with Crippen molar-refractivity contribution < 1.29 is 9.84 Å². The lowest BCUT2D eigenvalue weighted by molar-refractivity contribution is 0.0914. The van der Waals surface area contributed by atoms with Crippen LogP contribution in [0.2, 0.25) is 0 Å². The molecule has 3 heteroatoms. The molecule has 1 aromatic rings. The monoisotopic (exact) mass is 291 g/mol. The second-order valence-corrected chi connectivity index (χ2v) is 5.96. The molecule has 1 saturated carbocycles. The van der Waals surface area contributed by atoms with Gasteiger partial charge < -0.3 is 9.84 Å². The zero-order chi connectivity index (χ0) is 15.1. The highest BCUT2D eigenvalue weighted by Gasteiger charge is 2.23. The van der Waals surface area contributed by atoms with E-state index in [1.54, 1.807) is 0 Å². The molecule has 0 saturated heterocycles. The highest BCUT2D eigenvalue weighted by atomic mass is 16.5. The van der Waals surface area contributed by atoms with Gasteiger partial charge >= 0.3 is 0 Å². The topological polar surface area (TPSA) is 32.7 Å². The average Bonchev–Trinajstić information content (AvgIpc) is 3.05. The van der Waals surface area contributed by atoms with Gasteiger partial charge in [0, 0.05) is 12.6 Å². The Morgan fingerprint density at radius 3 is 2.43 bits per heavy atom. The summed E-state index contributed by atoms with van der Waals surface area (Å²) in [6, 6.07) is 8.55. The molecule has 1 atom stereocenters. The van der Waals surface area contributed by atoms with Gasteiger partial charge in [0.05, 0.1) is 12.7 Å². The molecule has 0 heterocycles. The molecule has 0 aliphatic heterocycles. The van der Waals surface area contributed by atoms with Gasteiger partial charge in [-0.25, -0.2) is 0 Å². The number of rotatable bonds is 8. The highest BCUT2D eigenvalue weighted by molar-refractivity contribution is 5.28. The first kappa shape index (κ1) is 16.3. The Bertz CT molecular complexity index is 398. The Balaban J connectivity index is 1.90. The third kappa shape index (κ3) is 4.72. The van der Waals surface area contributed by atoms with E-state index in [0.717, 1.165) is 37.4 Å². The van der Waals surface area contributed by atoms with Gasteiger partial charge in [-0.1, -0.05) is 38.8 Å². The summed E-state index contributed by atoms with van der Waals surface area (Å²) in [6.07, 6.45) is 5.83. The standard InChI is InChI=1S/C18H29NO2/c1-3-13-21-17-11-9-15(10-12-17)18(20)14-19(4-2)16-7-5-6-8-16/h9-12,16,18,20H,3-8,13-14H2,1-2H3. The third-order valence-corrected chi connectivity index (χ3v) is 4.39. The van der Waals surface area contributed by atoms with Crippen molar-refractivity contribution in [3.8, 4) is 5.75 Å². The first-order valence-electron chi connectivity index (χ1n) is 8.39. The van der Waals surface area contributed by atoms with Crippen molar-refractivity contribution in [2.24, 2.45) is 0 Å². The number of hydrogen-bond donors (Lipinski definition) is 1. The summed E-state index contributed by atoms with van der Waals surface area (Å²) in [6.45, 7) is 6.77. The first-order valence-corrected chi connectivity index (χ1v) is 8.39. The van der Waals surface area contributed by atoms with Crippen LogP contribution in [0.5, 0.6) is 5.75 Å². The fraction of sp³-hybridized carbons (Fsp3) is 0.667. The van der Waals surface area contributed by atoms with E-state index in [2.05, 4.69) is 18.7 Å². The van der Waals surface area contributed by atoms with E-state index in [0.29, 0.717) is 6.04 Å². The van der Waals surface area contributed by atoms with Gasteiger partial charge in [-0.05, 0) is 43.5 Å². The minimum Gasteiger partial charge on any atom is -0.494 e. The number of ether oxygens (including phenoxy) is 1. The van der Waals surface area contributed by atoms with Crippen LogP contribution in [0, 0.1) is 0 Å². The van der Waals surface area contributed by atoms with E-state index in [4.69, 9.17) is 4.74 Å². The number of nitrogens with zero attached hydrogens (tertiary/aromatic N) is 1. The van der Waals surface area contributed by atoms with Gasteiger partial charge in [0.15, 0.2) is 0 Å². The summed E-state index contributed by atoms with van der Waals surface area (Å²) in [5.74, 6) is 0.885. The van der Waals surface area contributed by atoms with Crippen molar-refractivity contribution in [1.82, 2.24) is 4.90 Å². The maximum atomic E-state index is 10.5. The Hall–Kier alpha value is -1.06. The molecule has 0 aromatic heterocycles. The maximum Gasteiger partial charge on any atom is 0.119 e. The fourth-order valence-electron chi connectivity index (χ4n) is 3.14. The average molecular weight is 291 g/mol. The van der Waals surface area contributed by atoms with E-state index >= 15 is 0 Å². The predicted octanol–water partition coefficient (Wildman–Crippen LogP) is 3.77. The van der Waals surface area contributed by atoms with Crippen molar-refractivity contribution in [2.45, 2.75) is 58.1 Å². The van der Waals surface area contributed by atoms with Crippen molar-refractivity contribution in [3.63, 3.8) is 0 Å². The number of aliphatic hydroxyl groups is 1. The summed E-state index contributed by atoms with van der Waals surface area (Å²) < 4.78 is 5.58. The molecule has 1 N–H and O–H groups in total. The van der Waals surface area contributed by atoms with Crippen LogP contribution in [-0.2, 0) is 0 Å². The van der Waals surface area contributed by atoms with Crippen LogP contribution in [0.3, 0.4) is 0 Å². The van der Waals surface area contributed by atoms with Crippen LogP contribution < -0.4 is 4.74 Å². The van der Waals surface area contributed by atoms with Crippen molar-refractivity contribution in [2.75, 3.05) is 19.7 Å².